The third-order valence-electron chi connectivity index (χ3n) is 2.36. The number of carbonyl (C=O) groups excluding carboxylic acids is 1. The van der Waals surface area contributed by atoms with Gasteiger partial charge in [0.25, 0.3) is 0 Å². The number of ketones is 1. The van der Waals surface area contributed by atoms with Crippen LogP contribution in [0.1, 0.15) is 10.5 Å². The first-order chi connectivity index (χ1) is 7.25. The standard InChI is InChI=1S/C9H14N4O2/c1-12-6-8(10-11-12)9(14)7-13-2-4-15-5-3-13/h6H,2-5,7H2,1H3. The molecule has 2 heterocycles. The van der Waals surface area contributed by atoms with Crippen molar-refractivity contribution < 1.29 is 9.53 Å². The van der Waals surface area contributed by atoms with Gasteiger partial charge < -0.3 is 4.74 Å². The molecule has 6 heteroatoms. The number of aromatic nitrogens is 3. The molecule has 1 aromatic rings. The number of hydrogen-bond donors (Lipinski definition) is 0. The third kappa shape index (κ3) is 2.60. The molecule has 1 aliphatic heterocycles. The van der Waals surface area contributed by atoms with Gasteiger partial charge in [0.1, 0.15) is 5.69 Å². The van der Waals surface area contributed by atoms with E-state index in [1.54, 1.807) is 13.2 Å². The van der Waals surface area contributed by atoms with Crippen LogP contribution >= 0.6 is 0 Å². The number of morpholine rings is 1. The first-order valence-electron chi connectivity index (χ1n) is 4.95. The molecular formula is C9H14N4O2. The van der Waals surface area contributed by atoms with Gasteiger partial charge in [0.05, 0.1) is 26.0 Å². The molecule has 1 saturated heterocycles. The van der Waals surface area contributed by atoms with E-state index in [4.69, 9.17) is 4.74 Å². The smallest absolute Gasteiger partial charge is 0.198 e. The van der Waals surface area contributed by atoms with E-state index in [-0.39, 0.29) is 5.78 Å². The average molecular weight is 210 g/mol. The van der Waals surface area contributed by atoms with Crippen molar-refractivity contribution in [2.45, 2.75) is 0 Å². The monoisotopic (exact) mass is 210 g/mol. The molecule has 0 aliphatic carbocycles. The van der Waals surface area contributed by atoms with E-state index >= 15 is 0 Å². The molecule has 1 fully saturated rings. The fraction of sp³-hybridized carbons (Fsp3) is 0.667. The highest BCUT2D eigenvalue weighted by atomic mass is 16.5. The van der Waals surface area contributed by atoms with E-state index < -0.39 is 0 Å². The van der Waals surface area contributed by atoms with Crippen molar-refractivity contribution in [3.05, 3.63) is 11.9 Å². The summed E-state index contributed by atoms with van der Waals surface area (Å²) >= 11 is 0. The number of aryl methyl sites for hydroxylation is 1. The van der Waals surface area contributed by atoms with Gasteiger partial charge in [-0.2, -0.15) is 0 Å². The van der Waals surface area contributed by atoms with Gasteiger partial charge in [0.15, 0.2) is 5.78 Å². The molecule has 82 valence electrons. The summed E-state index contributed by atoms with van der Waals surface area (Å²) in [5.74, 6) is 0.0185. The fourth-order valence-corrected chi connectivity index (χ4v) is 1.52. The first kappa shape index (κ1) is 10.3. The Labute approximate surface area is 87.8 Å². The molecule has 1 aromatic heterocycles. The number of Topliss-reactive ketones (excluding diaryl/α,β-unsaturated/α-hetero) is 1. The Balaban J connectivity index is 1.91. The van der Waals surface area contributed by atoms with Crippen molar-refractivity contribution in [1.82, 2.24) is 19.9 Å². The van der Waals surface area contributed by atoms with Gasteiger partial charge in [-0.1, -0.05) is 5.21 Å². The molecule has 0 unspecified atom stereocenters. The fourth-order valence-electron chi connectivity index (χ4n) is 1.52. The van der Waals surface area contributed by atoms with Gasteiger partial charge in [-0.15, -0.1) is 5.10 Å². The van der Waals surface area contributed by atoms with Crippen LogP contribution in [0, 0.1) is 0 Å². The maximum absolute atomic E-state index is 11.7. The highest BCUT2D eigenvalue weighted by Crippen LogP contribution is 2.00. The molecule has 2 rings (SSSR count). The number of nitrogens with zero attached hydrogens (tertiary/aromatic N) is 4. The predicted octanol–water partition coefficient (Wildman–Crippen LogP) is -0.670. The molecule has 0 aromatic carbocycles. The lowest BCUT2D eigenvalue weighted by Gasteiger charge is -2.25. The van der Waals surface area contributed by atoms with E-state index in [9.17, 15) is 4.79 Å². The summed E-state index contributed by atoms with van der Waals surface area (Å²) in [4.78, 5) is 13.8. The summed E-state index contributed by atoms with van der Waals surface area (Å²) in [5, 5.41) is 7.52. The van der Waals surface area contributed by atoms with Gasteiger partial charge in [-0.05, 0) is 0 Å². The van der Waals surface area contributed by atoms with Crippen LogP contribution in [-0.2, 0) is 11.8 Å². The highest BCUT2D eigenvalue weighted by molar-refractivity contribution is 5.95. The van der Waals surface area contributed by atoms with Crippen molar-refractivity contribution in [1.29, 1.82) is 0 Å². The van der Waals surface area contributed by atoms with Crippen LogP contribution in [0.3, 0.4) is 0 Å². The number of carbonyl (C=O) groups is 1. The lowest BCUT2D eigenvalue weighted by atomic mass is 10.2. The second kappa shape index (κ2) is 4.50. The first-order valence-corrected chi connectivity index (χ1v) is 4.95. The highest BCUT2D eigenvalue weighted by Gasteiger charge is 2.17. The third-order valence-corrected chi connectivity index (χ3v) is 2.36. The van der Waals surface area contributed by atoms with Crippen LogP contribution in [0.25, 0.3) is 0 Å². The van der Waals surface area contributed by atoms with Crippen LogP contribution < -0.4 is 0 Å². The van der Waals surface area contributed by atoms with Crippen LogP contribution in [0.5, 0.6) is 0 Å². The van der Waals surface area contributed by atoms with Gasteiger partial charge in [0, 0.05) is 20.1 Å². The SMILES string of the molecule is Cn1cc(C(=O)CN2CCOCC2)nn1. The number of rotatable bonds is 3. The van der Waals surface area contributed by atoms with Crippen LogP contribution in [0.4, 0.5) is 0 Å². The summed E-state index contributed by atoms with van der Waals surface area (Å²) in [7, 11) is 1.75. The molecular weight excluding hydrogens is 196 g/mol. The molecule has 15 heavy (non-hydrogen) atoms. The van der Waals surface area contributed by atoms with Gasteiger partial charge in [-0.3, -0.25) is 14.4 Å². The Kier molecular flexibility index (Phi) is 3.08. The summed E-state index contributed by atoms with van der Waals surface area (Å²) in [6, 6.07) is 0. The molecule has 0 amide bonds. The van der Waals surface area contributed by atoms with Crippen LogP contribution in [0.2, 0.25) is 0 Å². The minimum atomic E-state index is 0.0185. The normalized spacial score (nSPS) is 17.9. The molecule has 0 bridgehead atoms. The Bertz CT molecular complexity index is 344. The maximum atomic E-state index is 11.7. The largest absolute Gasteiger partial charge is 0.379 e. The zero-order valence-corrected chi connectivity index (χ0v) is 8.72. The summed E-state index contributed by atoms with van der Waals surface area (Å²) in [6.45, 7) is 3.43. The Morgan fingerprint density at radius 2 is 2.27 bits per heavy atom. The van der Waals surface area contributed by atoms with Crippen molar-refractivity contribution in [3.63, 3.8) is 0 Å². The lowest BCUT2D eigenvalue weighted by molar-refractivity contribution is 0.0370. The molecule has 0 radical (unpaired) electrons. The molecule has 0 spiro atoms. The number of hydrogen-bond acceptors (Lipinski definition) is 5. The summed E-state index contributed by atoms with van der Waals surface area (Å²) in [5.41, 5.74) is 0.434. The van der Waals surface area contributed by atoms with E-state index in [1.165, 1.54) is 4.68 Å². The van der Waals surface area contributed by atoms with Gasteiger partial charge in [-0.25, -0.2) is 0 Å². The average Bonchev–Trinajstić information content (AvgIpc) is 2.66. The van der Waals surface area contributed by atoms with Gasteiger partial charge in [0.2, 0.25) is 0 Å². The Hall–Kier alpha value is -1.27. The minimum absolute atomic E-state index is 0.0185. The van der Waals surface area contributed by atoms with E-state index in [1.807, 2.05) is 0 Å². The van der Waals surface area contributed by atoms with Crippen molar-refractivity contribution in [3.8, 4) is 0 Å². The second-order valence-electron chi connectivity index (χ2n) is 3.59. The predicted molar refractivity (Wildman–Crippen MR) is 52.6 cm³/mol. The summed E-state index contributed by atoms with van der Waals surface area (Å²) < 4.78 is 6.74. The van der Waals surface area contributed by atoms with Crippen molar-refractivity contribution in [2.75, 3.05) is 32.8 Å². The second-order valence-corrected chi connectivity index (χ2v) is 3.59. The Morgan fingerprint density at radius 3 is 2.87 bits per heavy atom. The quantitative estimate of drug-likeness (QED) is 0.619. The molecule has 0 N–H and O–H groups in total. The minimum Gasteiger partial charge on any atom is -0.379 e. The zero-order chi connectivity index (χ0) is 10.7. The molecule has 6 nitrogen and oxygen atoms in total. The van der Waals surface area contributed by atoms with E-state index in [0.717, 1.165) is 13.1 Å². The Morgan fingerprint density at radius 1 is 1.53 bits per heavy atom. The van der Waals surface area contributed by atoms with E-state index in [0.29, 0.717) is 25.5 Å². The van der Waals surface area contributed by atoms with Crippen LogP contribution in [-0.4, -0.2) is 58.5 Å². The molecule has 1 aliphatic rings. The van der Waals surface area contributed by atoms with Crippen molar-refractivity contribution >= 4 is 5.78 Å². The molecule has 0 saturated carbocycles. The zero-order valence-electron chi connectivity index (χ0n) is 8.72. The van der Waals surface area contributed by atoms with E-state index in [2.05, 4.69) is 15.2 Å². The molecule has 0 atom stereocenters. The topological polar surface area (TPSA) is 60.2 Å². The van der Waals surface area contributed by atoms with Gasteiger partial charge >= 0.3 is 0 Å². The number of ether oxygens (including phenoxy) is 1. The lowest BCUT2D eigenvalue weighted by Crippen LogP contribution is -2.39. The summed E-state index contributed by atoms with van der Waals surface area (Å²) in [6.07, 6.45) is 1.64. The maximum Gasteiger partial charge on any atom is 0.198 e. The van der Waals surface area contributed by atoms with Crippen molar-refractivity contribution in [2.24, 2.45) is 7.05 Å². The van der Waals surface area contributed by atoms with Crippen LogP contribution in [0.15, 0.2) is 6.20 Å².